The Kier molecular flexibility index (Phi) is 9.48. The first kappa shape index (κ1) is 27.4. The molecule has 200 valence electrons. The van der Waals surface area contributed by atoms with Gasteiger partial charge in [0.25, 0.3) is 17.0 Å². The van der Waals surface area contributed by atoms with Crippen LogP contribution in [0.4, 0.5) is 8.78 Å². The van der Waals surface area contributed by atoms with Crippen LogP contribution in [0.5, 0.6) is 5.19 Å². The minimum absolute atomic E-state index is 0.256. The molecule has 0 N–H and O–H groups in total. The Morgan fingerprint density at radius 1 is 1.22 bits per heavy atom. The molecule has 2 aromatic rings. The Bertz CT molecular complexity index is 1060. The first-order chi connectivity index (χ1) is 17.7. The molecule has 1 saturated carbocycles. The van der Waals surface area contributed by atoms with Gasteiger partial charge in [-0.3, -0.25) is 4.79 Å². The standard InChI is InChI=1S/C27H35F2N5O2S/c1-19-30-16-22(17-31-19)7-8-25(35)32-15-21-5-3-20(4-6-21)9-12-34-13-10-23-24(11-14-34)37-26(33-23)36-18-27(2,28)29/h7-8,15-17,20-21H,3-6,9-14,18H2,1-2H3/b8-7+,32-15+. The van der Waals surface area contributed by atoms with E-state index in [9.17, 15) is 13.6 Å². The number of aromatic nitrogens is 3. The van der Waals surface area contributed by atoms with Gasteiger partial charge in [-0.1, -0.05) is 11.3 Å². The number of carbonyl (C=O) groups excluding carboxylic acids is 1. The van der Waals surface area contributed by atoms with Crippen LogP contribution in [0.25, 0.3) is 6.08 Å². The number of aliphatic imine (C=N–C) groups is 1. The summed E-state index contributed by atoms with van der Waals surface area (Å²) in [5.41, 5.74) is 1.78. The largest absolute Gasteiger partial charge is 0.464 e. The van der Waals surface area contributed by atoms with E-state index < -0.39 is 12.5 Å². The summed E-state index contributed by atoms with van der Waals surface area (Å²) in [5, 5.41) is 0.360. The lowest BCUT2D eigenvalue weighted by Crippen LogP contribution is -2.29. The molecule has 4 rings (SSSR count). The van der Waals surface area contributed by atoms with E-state index in [0.29, 0.717) is 22.9 Å². The minimum atomic E-state index is -2.85. The van der Waals surface area contributed by atoms with Crippen molar-refractivity contribution >= 4 is 29.5 Å². The Labute approximate surface area is 221 Å². The smallest absolute Gasteiger partial charge is 0.278 e. The lowest BCUT2D eigenvalue weighted by Gasteiger charge is -2.28. The molecule has 2 aliphatic rings. The molecular weight excluding hydrogens is 496 g/mol. The molecule has 1 fully saturated rings. The molecule has 0 radical (unpaired) electrons. The van der Waals surface area contributed by atoms with Gasteiger partial charge in [0.2, 0.25) is 0 Å². The second kappa shape index (κ2) is 12.8. The van der Waals surface area contributed by atoms with E-state index in [4.69, 9.17) is 4.74 Å². The van der Waals surface area contributed by atoms with Gasteiger partial charge in [-0.25, -0.2) is 28.7 Å². The first-order valence-electron chi connectivity index (χ1n) is 13.0. The van der Waals surface area contributed by atoms with Gasteiger partial charge in [-0.05, 0) is 69.9 Å². The highest BCUT2D eigenvalue weighted by Gasteiger charge is 2.25. The molecule has 1 aliphatic heterocycles. The van der Waals surface area contributed by atoms with Crippen molar-refractivity contribution in [1.82, 2.24) is 19.9 Å². The SMILES string of the molecule is Cc1ncc(/C=C/C(=O)/N=C/C2CCC(CCN3CCc4nc(OCC(C)(F)F)sc4CC3)CC2)cn1. The molecule has 0 atom stereocenters. The summed E-state index contributed by atoms with van der Waals surface area (Å²) in [4.78, 5) is 32.5. The summed E-state index contributed by atoms with van der Waals surface area (Å²) >= 11 is 1.41. The quantitative estimate of drug-likeness (QED) is 0.328. The van der Waals surface area contributed by atoms with E-state index >= 15 is 0 Å². The number of hydrogen-bond donors (Lipinski definition) is 0. The molecule has 0 spiro atoms. The van der Waals surface area contributed by atoms with Crippen molar-refractivity contribution in [3.63, 3.8) is 0 Å². The van der Waals surface area contributed by atoms with Crippen molar-refractivity contribution < 1.29 is 18.3 Å². The second-order valence-corrected chi connectivity index (χ2v) is 11.2. The number of aryl methyl sites for hydroxylation is 1. The lowest BCUT2D eigenvalue weighted by molar-refractivity contribution is -0.113. The number of hydrogen-bond acceptors (Lipinski definition) is 7. The van der Waals surface area contributed by atoms with Crippen LogP contribution in [0, 0.1) is 18.8 Å². The summed E-state index contributed by atoms with van der Waals surface area (Å²) in [6, 6.07) is 0. The van der Waals surface area contributed by atoms with Crippen LogP contribution >= 0.6 is 11.3 Å². The second-order valence-electron chi connectivity index (χ2n) is 10.1. The van der Waals surface area contributed by atoms with Crippen LogP contribution in [-0.2, 0) is 17.6 Å². The number of thiazole rings is 1. The van der Waals surface area contributed by atoms with Gasteiger partial charge in [0.1, 0.15) is 5.82 Å². The number of nitrogens with zero attached hydrogens (tertiary/aromatic N) is 5. The van der Waals surface area contributed by atoms with Crippen molar-refractivity contribution in [3.05, 3.63) is 40.4 Å². The van der Waals surface area contributed by atoms with Gasteiger partial charge in [0.15, 0.2) is 6.61 Å². The van der Waals surface area contributed by atoms with Crippen LogP contribution in [-0.4, -0.2) is 64.1 Å². The van der Waals surface area contributed by atoms with Crippen LogP contribution in [0.3, 0.4) is 0 Å². The predicted molar refractivity (Wildman–Crippen MR) is 141 cm³/mol. The van der Waals surface area contributed by atoms with Crippen molar-refractivity contribution in [2.45, 2.75) is 64.7 Å². The van der Waals surface area contributed by atoms with Gasteiger partial charge in [0.05, 0.1) is 5.69 Å². The van der Waals surface area contributed by atoms with E-state index in [1.165, 1.54) is 23.8 Å². The van der Waals surface area contributed by atoms with Crippen LogP contribution < -0.4 is 4.74 Å². The van der Waals surface area contributed by atoms with Gasteiger partial charge in [0, 0.05) is 61.6 Å². The Morgan fingerprint density at radius 2 is 1.95 bits per heavy atom. The Hall–Kier alpha value is -2.59. The number of fused-ring (bicyclic) bond motifs is 1. The summed E-state index contributed by atoms with van der Waals surface area (Å²) in [7, 11) is 0. The highest BCUT2D eigenvalue weighted by Crippen LogP contribution is 2.32. The molecule has 1 aliphatic carbocycles. The molecular formula is C27H35F2N5O2S. The molecule has 0 bridgehead atoms. The fourth-order valence-corrected chi connectivity index (χ4v) is 5.67. The number of carbonyl (C=O) groups is 1. The van der Waals surface area contributed by atoms with Crippen LogP contribution in [0.15, 0.2) is 23.5 Å². The summed E-state index contributed by atoms with van der Waals surface area (Å²) < 4.78 is 31.3. The van der Waals surface area contributed by atoms with Gasteiger partial charge in [-0.15, -0.1) is 0 Å². The summed E-state index contributed by atoms with van der Waals surface area (Å²) in [6.07, 6.45) is 15.7. The zero-order valence-electron chi connectivity index (χ0n) is 21.5. The number of alkyl halides is 2. The van der Waals surface area contributed by atoms with Crippen molar-refractivity contribution in [1.29, 1.82) is 0 Å². The molecule has 7 nitrogen and oxygen atoms in total. The lowest BCUT2D eigenvalue weighted by atomic mass is 9.81. The molecule has 3 heterocycles. The average molecular weight is 532 g/mol. The zero-order valence-corrected chi connectivity index (χ0v) is 22.4. The van der Waals surface area contributed by atoms with Gasteiger partial charge >= 0.3 is 0 Å². The molecule has 1 amide bonds. The highest BCUT2D eigenvalue weighted by molar-refractivity contribution is 7.13. The molecule has 2 aromatic heterocycles. The van der Waals surface area contributed by atoms with E-state index in [0.717, 1.165) is 81.2 Å². The first-order valence-corrected chi connectivity index (χ1v) is 13.8. The average Bonchev–Trinajstić information content (AvgIpc) is 3.18. The Morgan fingerprint density at radius 3 is 2.68 bits per heavy atom. The number of amides is 1. The van der Waals surface area contributed by atoms with E-state index in [1.807, 2.05) is 13.1 Å². The maximum atomic E-state index is 13.0. The van der Waals surface area contributed by atoms with Gasteiger partial charge < -0.3 is 9.64 Å². The number of halogens is 2. The summed E-state index contributed by atoms with van der Waals surface area (Å²) in [5.74, 6) is -1.34. The molecule has 37 heavy (non-hydrogen) atoms. The van der Waals surface area contributed by atoms with E-state index in [-0.39, 0.29) is 5.91 Å². The number of rotatable bonds is 9. The molecule has 0 saturated heterocycles. The third-order valence-electron chi connectivity index (χ3n) is 6.90. The van der Waals surface area contributed by atoms with Crippen molar-refractivity contribution in [3.8, 4) is 5.19 Å². The van der Waals surface area contributed by atoms with Crippen molar-refractivity contribution in [2.75, 3.05) is 26.2 Å². The molecule has 0 unspecified atom stereocenters. The molecule has 10 heteroatoms. The fraction of sp³-hybridized carbons (Fsp3) is 0.593. The predicted octanol–water partition coefficient (Wildman–Crippen LogP) is 5.18. The maximum absolute atomic E-state index is 13.0. The third kappa shape index (κ3) is 9.03. The van der Waals surface area contributed by atoms with Crippen molar-refractivity contribution in [2.24, 2.45) is 16.8 Å². The fourth-order valence-electron chi connectivity index (χ4n) is 4.73. The van der Waals surface area contributed by atoms with E-state index in [2.05, 4.69) is 24.8 Å². The third-order valence-corrected chi connectivity index (χ3v) is 7.97. The zero-order chi connectivity index (χ0) is 26.3. The Balaban J connectivity index is 1.13. The van der Waals surface area contributed by atoms with E-state index in [1.54, 1.807) is 18.5 Å². The van der Waals surface area contributed by atoms with Crippen LogP contribution in [0.1, 0.15) is 61.0 Å². The topological polar surface area (TPSA) is 80.6 Å². The summed E-state index contributed by atoms with van der Waals surface area (Å²) in [6.45, 7) is 5.01. The van der Waals surface area contributed by atoms with Gasteiger partial charge in [-0.2, -0.15) is 0 Å². The number of ether oxygens (including phenoxy) is 1. The normalized spacial score (nSPS) is 21.3. The highest BCUT2D eigenvalue weighted by atomic mass is 32.1. The monoisotopic (exact) mass is 531 g/mol. The maximum Gasteiger partial charge on any atom is 0.278 e. The molecule has 0 aromatic carbocycles. The minimum Gasteiger partial charge on any atom is -0.464 e. The van der Waals surface area contributed by atoms with Crippen LogP contribution in [0.2, 0.25) is 0 Å².